The fourth-order valence-electron chi connectivity index (χ4n) is 4.72. The Bertz CT molecular complexity index is 1240. The summed E-state index contributed by atoms with van der Waals surface area (Å²) in [5, 5.41) is 13.3. The van der Waals surface area contributed by atoms with Crippen LogP contribution in [0.5, 0.6) is 0 Å². The molecule has 3 aliphatic rings. The number of amides is 3. The first-order chi connectivity index (χ1) is 16.9. The summed E-state index contributed by atoms with van der Waals surface area (Å²) in [4.78, 5) is 46.1. The average molecular weight is 478 g/mol. The Labute approximate surface area is 202 Å². The number of nitrogens with zero attached hydrogens (tertiary/aromatic N) is 3. The van der Waals surface area contributed by atoms with Gasteiger partial charge < -0.3 is 30.7 Å². The highest BCUT2D eigenvalue weighted by Gasteiger charge is 2.40. The number of hydrogen-bond donors (Lipinski definition) is 3. The minimum absolute atomic E-state index is 0.0538. The van der Waals surface area contributed by atoms with Crippen LogP contribution in [0.3, 0.4) is 0 Å². The SMILES string of the molecule is CCCN1Cc2ccc(N3CCOC(C(O)C(=O)Nc4ccc5c(c4)CN=C5N)C3=O)cc2C1=O. The van der Waals surface area contributed by atoms with E-state index in [4.69, 9.17) is 10.5 Å². The highest BCUT2D eigenvalue weighted by atomic mass is 16.5. The maximum Gasteiger partial charge on any atom is 0.259 e. The van der Waals surface area contributed by atoms with Gasteiger partial charge in [0.1, 0.15) is 5.84 Å². The predicted octanol–water partition coefficient (Wildman–Crippen LogP) is 1.00. The molecule has 2 unspecified atom stereocenters. The number of aliphatic hydroxyl groups excluding tert-OH is 1. The van der Waals surface area contributed by atoms with Crippen molar-refractivity contribution in [3.63, 3.8) is 0 Å². The van der Waals surface area contributed by atoms with Crippen molar-refractivity contribution < 1.29 is 24.2 Å². The normalized spacial score (nSPS) is 19.9. The monoisotopic (exact) mass is 477 g/mol. The van der Waals surface area contributed by atoms with Gasteiger partial charge in [0.25, 0.3) is 17.7 Å². The molecule has 10 heteroatoms. The van der Waals surface area contributed by atoms with Gasteiger partial charge in [0.15, 0.2) is 12.2 Å². The number of fused-ring (bicyclic) bond motifs is 2. The van der Waals surface area contributed by atoms with E-state index in [1.807, 2.05) is 13.0 Å². The number of rotatable bonds is 6. The summed E-state index contributed by atoms with van der Waals surface area (Å²) in [7, 11) is 0. The van der Waals surface area contributed by atoms with Gasteiger partial charge in [-0.2, -0.15) is 0 Å². The molecule has 3 heterocycles. The molecule has 3 aliphatic heterocycles. The fourth-order valence-corrected chi connectivity index (χ4v) is 4.72. The van der Waals surface area contributed by atoms with Crippen LogP contribution in [0.1, 0.15) is 40.4 Å². The van der Waals surface area contributed by atoms with Crippen molar-refractivity contribution in [1.29, 1.82) is 0 Å². The molecule has 3 amide bonds. The van der Waals surface area contributed by atoms with Gasteiger partial charge in [-0.15, -0.1) is 0 Å². The third-order valence-electron chi connectivity index (χ3n) is 6.52. The number of carbonyl (C=O) groups excluding carboxylic acids is 3. The van der Waals surface area contributed by atoms with Gasteiger partial charge in [0, 0.05) is 42.1 Å². The number of morpholine rings is 1. The Hall–Kier alpha value is -3.76. The minimum Gasteiger partial charge on any atom is -0.383 e. The zero-order valence-electron chi connectivity index (χ0n) is 19.4. The number of benzene rings is 2. The molecule has 2 atom stereocenters. The molecule has 0 aliphatic carbocycles. The number of aliphatic imine (C=N–C) groups is 1. The average Bonchev–Trinajstić information content (AvgIpc) is 3.38. The van der Waals surface area contributed by atoms with Crippen LogP contribution >= 0.6 is 0 Å². The van der Waals surface area contributed by atoms with Gasteiger partial charge in [-0.1, -0.05) is 13.0 Å². The van der Waals surface area contributed by atoms with E-state index in [-0.39, 0.29) is 19.1 Å². The maximum atomic E-state index is 13.2. The first-order valence-electron chi connectivity index (χ1n) is 11.6. The summed E-state index contributed by atoms with van der Waals surface area (Å²) >= 11 is 0. The van der Waals surface area contributed by atoms with Gasteiger partial charge in [-0.3, -0.25) is 19.4 Å². The smallest absolute Gasteiger partial charge is 0.259 e. The highest BCUT2D eigenvalue weighted by Crippen LogP contribution is 2.29. The lowest BCUT2D eigenvalue weighted by atomic mass is 10.1. The van der Waals surface area contributed by atoms with Crippen molar-refractivity contribution in [2.24, 2.45) is 10.7 Å². The van der Waals surface area contributed by atoms with Crippen molar-refractivity contribution in [2.45, 2.75) is 38.6 Å². The largest absolute Gasteiger partial charge is 0.383 e. The molecule has 5 rings (SSSR count). The molecule has 4 N–H and O–H groups in total. The second-order valence-electron chi connectivity index (χ2n) is 8.86. The standard InChI is InChI=1S/C25H27N5O5/c1-2-7-29-13-14-3-5-17(11-19(14)24(29)33)30-8-9-35-21(25(30)34)20(31)23(32)28-16-4-6-18-15(10-16)12-27-22(18)26/h3-6,10-11,20-21,31H,2,7-9,12-13H2,1H3,(H2,26,27)(H,28,32). The number of aliphatic hydroxyl groups is 1. The first kappa shape index (κ1) is 23.0. The Kier molecular flexibility index (Phi) is 6.00. The summed E-state index contributed by atoms with van der Waals surface area (Å²) < 4.78 is 5.50. The molecule has 0 spiro atoms. The van der Waals surface area contributed by atoms with Crippen molar-refractivity contribution in [2.75, 3.05) is 29.9 Å². The molecule has 0 radical (unpaired) electrons. The Morgan fingerprint density at radius 1 is 1.23 bits per heavy atom. The number of amidine groups is 1. The molecule has 1 saturated heterocycles. The number of nitrogens with one attached hydrogen (secondary N) is 1. The molecule has 0 bridgehead atoms. The van der Waals surface area contributed by atoms with Crippen molar-refractivity contribution in [1.82, 2.24) is 4.90 Å². The van der Waals surface area contributed by atoms with E-state index >= 15 is 0 Å². The minimum atomic E-state index is -1.71. The van der Waals surface area contributed by atoms with Gasteiger partial charge in [-0.05, 0) is 47.9 Å². The summed E-state index contributed by atoms with van der Waals surface area (Å²) in [5.41, 5.74) is 10.0. The number of hydrogen-bond acceptors (Lipinski definition) is 7. The van der Waals surface area contributed by atoms with Crippen LogP contribution in [0.4, 0.5) is 11.4 Å². The van der Waals surface area contributed by atoms with Gasteiger partial charge in [0.2, 0.25) is 0 Å². The molecule has 0 aromatic heterocycles. The highest BCUT2D eigenvalue weighted by molar-refractivity contribution is 6.06. The van der Waals surface area contributed by atoms with Crippen LogP contribution in [-0.2, 0) is 27.4 Å². The molecule has 0 saturated carbocycles. The molecular weight excluding hydrogens is 450 g/mol. The van der Waals surface area contributed by atoms with E-state index < -0.39 is 24.0 Å². The number of ether oxygens (including phenoxy) is 1. The molecule has 2 aromatic rings. The molecule has 182 valence electrons. The Balaban J connectivity index is 1.29. The van der Waals surface area contributed by atoms with Gasteiger partial charge >= 0.3 is 0 Å². The van der Waals surface area contributed by atoms with E-state index in [1.165, 1.54) is 4.90 Å². The summed E-state index contributed by atoms with van der Waals surface area (Å²) in [5.74, 6) is -0.895. The number of nitrogens with two attached hydrogens (primary N) is 1. The summed E-state index contributed by atoms with van der Waals surface area (Å²) in [6, 6.07) is 10.5. The van der Waals surface area contributed by atoms with Crippen LogP contribution in [-0.4, -0.2) is 65.5 Å². The Morgan fingerprint density at radius 3 is 2.86 bits per heavy atom. The third kappa shape index (κ3) is 4.15. The van der Waals surface area contributed by atoms with Crippen LogP contribution in [0.2, 0.25) is 0 Å². The lowest BCUT2D eigenvalue weighted by Gasteiger charge is -2.34. The lowest BCUT2D eigenvalue weighted by molar-refractivity contribution is -0.150. The van der Waals surface area contributed by atoms with E-state index in [1.54, 1.807) is 35.2 Å². The van der Waals surface area contributed by atoms with E-state index in [9.17, 15) is 19.5 Å². The molecule has 2 aromatic carbocycles. The van der Waals surface area contributed by atoms with Crippen molar-refractivity contribution >= 4 is 34.9 Å². The van der Waals surface area contributed by atoms with Crippen molar-refractivity contribution in [3.05, 3.63) is 58.7 Å². The molecular formula is C25H27N5O5. The topological polar surface area (TPSA) is 138 Å². The Morgan fingerprint density at radius 2 is 2.06 bits per heavy atom. The zero-order valence-corrected chi connectivity index (χ0v) is 19.4. The number of anilines is 2. The quantitative estimate of drug-likeness (QED) is 0.568. The third-order valence-corrected chi connectivity index (χ3v) is 6.52. The van der Waals surface area contributed by atoms with Crippen LogP contribution in [0.15, 0.2) is 41.4 Å². The summed E-state index contributed by atoms with van der Waals surface area (Å²) in [6.07, 6.45) is -2.21. The second-order valence-corrected chi connectivity index (χ2v) is 8.86. The molecule has 35 heavy (non-hydrogen) atoms. The number of carbonyl (C=O) groups is 3. The fraction of sp³-hybridized carbons (Fsp3) is 0.360. The van der Waals surface area contributed by atoms with Crippen LogP contribution < -0.4 is 16.0 Å². The van der Waals surface area contributed by atoms with E-state index in [0.717, 1.165) is 23.1 Å². The van der Waals surface area contributed by atoms with Gasteiger partial charge in [-0.25, -0.2) is 0 Å². The first-order valence-corrected chi connectivity index (χ1v) is 11.6. The van der Waals surface area contributed by atoms with E-state index in [0.29, 0.717) is 42.4 Å². The van der Waals surface area contributed by atoms with E-state index in [2.05, 4.69) is 10.3 Å². The second kappa shape index (κ2) is 9.12. The van der Waals surface area contributed by atoms with Crippen molar-refractivity contribution in [3.8, 4) is 0 Å². The maximum absolute atomic E-state index is 13.2. The van der Waals surface area contributed by atoms with Crippen LogP contribution in [0, 0.1) is 0 Å². The van der Waals surface area contributed by atoms with Gasteiger partial charge in [0.05, 0.1) is 13.2 Å². The van der Waals surface area contributed by atoms with Crippen LogP contribution in [0.25, 0.3) is 0 Å². The molecule has 1 fully saturated rings. The molecule has 10 nitrogen and oxygen atoms in total. The summed E-state index contributed by atoms with van der Waals surface area (Å²) in [6.45, 7) is 4.07. The predicted molar refractivity (Wildman–Crippen MR) is 129 cm³/mol. The zero-order chi connectivity index (χ0) is 24.7. The lowest BCUT2D eigenvalue weighted by Crippen LogP contribution is -2.55.